The summed E-state index contributed by atoms with van der Waals surface area (Å²) in [5.74, 6) is 0.454. The van der Waals surface area contributed by atoms with E-state index in [-0.39, 0.29) is 18.5 Å². The van der Waals surface area contributed by atoms with Gasteiger partial charge < -0.3 is 10.0 Å². The van der Waals surface area contributed by atoms with E-state index in [4.69, 9.17) is 6.42 Å². The minimum atomic E-state index is -0.0953. The molecule has 0 aromatic rings. The second-order valence-corrected chi connectivity index (χ2v) is 5.87. The van der Waals surface area contributed by atoms with Crippen molar-refractivity contribution in [2.75, 3.05) is 6.54 Å². The molecule has 3 aliphatic carbocycles. The Morgan fingerprint density at radius 2 is 2.10 bits per heavy atom. The smallest absolute Gasteiger partial charge is 0.0589 e. The van der Waals surface area contributed by atoms with Gasteiger partial charge in [-0.1, -0.05) is 24.6 Å². The Balaban J connectivity index is 0.000000157. The second-order valence-electron chi connectivity index (χ2n) is 5.87. The first kappa shape index (κ1) is 15.2. The molecule has 3 heteroatoms. The second kappa shape index (κ2) is 6.08. The Morgan fingerprint density at radius 1 is 1.30 bits per heavy atom. The normalized spacial score (nSPS) is 28.4. The van der Waals surface area contributed by atoms with Crippen LogP contribution in [0.25, 0.3) is 11.1 Å². The lowest BCUT2D eigenvalue weighted by Gasteiger charge is -2.32. The number of fused-ring (bicyclic) bond motifs is 2. The van der Waals surface area contributed by atoms with Gasteiger partial charge in [0.25, 0.3) is 0 Å². The van der Waals surface area contributed by atoms with Gasteiger partial charge in [0.15, 0.2) is 0 Å². The summed E-state index contributed by atoms with van der Waals surface area (Å²) < 4.78 is 0. The molecular weight excluding hydrogens is 270 g/mol. The third-order valence-electron chi connectivity index (χ3n) is 4.80. The molecule has 0 bridgehead atoms. The van der Waals surface area contributed by atoms with Gasteiger partial charge in [-0.15, -0.1) is 12.4 Å². The number of hydrogen-bond acceptors (Lipinski definition) is 2. The quantitative estimate of drug-likeness (QED) is 0.754. The summed E-state index contributed by atoms with van der Waals surface area (Å²) in [5, 5.41) is 9.70. The van der Waals surface area contributed by atoms with Gasteiger partial charge in [0, 0.05) is 24.5 Å². The lowest BCUT2D eigenvalue weighted by molar-refractivity contribution is 0.0520. The van der Waals surface area contributed by atoms with Crippen LogP contribution in [-0.2, 0) is 0 Å². The highest BCUT2D eigenvalue weighted by Crippen LogP contribution is 2.36. The van der Waals surface area contributed by atoms with Crippen LogP contribution < -0.4 is 0 Å². The molecule has 108 valence electrons. The number of rotatable bonds is 0. The van der Waals surface area contributed by atoms with Crippen molar-refractivity contribution in [2.24, 2.45) is 5.92 Å². The van der Waals surface area contributed by atoms with Gasteiger partial charge in [0.2, 0.25) is 0 Å². The lowest BCUT2D eigenvalue weighted by atomic mass is 9.83. The predicted octanol–water partition coefficient (Wildman–Crippen LogP) is 3.21. The zero-order valence-electron chi connectivity index (χ0n) is 11.9. The summed E-state index contributed by atoms with van der Waals surface area (Å²) in [7, 11) is 0. The molecule has 4 aliphatic rings. The summed E-state index contributed by atoms with van der Waals surface area (Å²) in [5.41, 5.74) is 4.36. The first-order chi connectivity index (χ1) is 9.20. The highest BCUT2D eigenvalue weighted by atomic mass is 35.5. The van der Waals surface area contributed by atoms with Crippen LogP contribution >= 0.6 is 12.4 Å². The van der Waals surface area contributed by atoms with Gasteiger partial charge in [-0.2, -0.15) is 0 Å². The van der Waals surface area contributed by atoms with Gasteiger partial charge in [-0.05, 0) is 49.3 Å². The summed E-state index contributed by atoms with van der Waals surface area (Å²) in [6.07, 6.45) is 9.63. The number of nitrogens with zero attached hydrogens (tertiary/aromatic N) is 1. The van der Waals surface area contributed by atoms with E-state index in [0.717, 1.165) is 25.8 Å². The van der Waals surface area contributed by atoms with Crippen LogP contribution in [0.1, 0.15) is 31.2 Å². The van der Waals surface area contributed by atoms with Crippen molar-refractivity contribution in [3.05, 3.63) is 23.8 Å². The van der Waals surface area contributed by atoms with E-state index in [0.29, 0.717) is 12.0 Å². The predicted molar refractivity (Wildman–Crippen MR) is 84.7 cm³/mol. The van der Waals surface area contributed by atoms with Crippen molar-refractivity contribution < 1.29 is 5.11 Å². The van der Waals surface area contributed by atoms with E-state index >= 15 is 0 Å². The Bertz CT molecular complexity index is 522. The standard InChI is InChI=1S/C10H15NO.C7H6.ClH/c1-2-11-7-6-8-9(11)4-3-5-10(8)12;1-5-4-6-2-3-7(5)6;/h1,8-10,12H,3-7H2;2-4H,1H3;1H/t8-,9-,10+;;/m1../s1. The average Bonchev–Trinajstić information content (AvgIpc) is 2.81. The van der Waals surface area contributed by atoms with Gasteiger partial charge in [0.05, 0.1) is 6.10 Å². The Hall–Kier alpha value is -1.17. The zero-order chi connectivity index (χ0) is 13.4. The minimum Gasteiger partial charge on any atom is -0.393 e. The van der Waals surface area contributed by atoms with E-state index in [2.05, 4.69) is 36.1 Å². The first-order valence-corrected chi connectivity index (χ1v) is 7.22. The van der Waals surface area contributed by atoms with Gasteiger partial charge in [0.1, 0.15) is 0 Å². The third-order valence-corrected chi connectivity index (χ3v) is 4.80. The molecule has 0 unspecified atom stereocenters. The first-order valence-electron chi connectivity index (χ1n) is 7.22. The van der Waals surface area contributed by atoms with Crippen molar-refractivity contribution in [1.29, 1.82) is 0 Å². The number of aliphatic hydroxyl groups is 1. The Morgan fingerprint density at radius 3 is 2.55 bits per heavy atom. The largest absolute Gasteiger partial charge is 0.393 e. The number of halogens is 1. The number of aliphatic hydroxyl groups excluding tert-OH is 1. The molecule has 1 heterocycles. The maximum Gasteiger partial charge on any atom is 0.0589 e. The third kappa shape index (κ3) is 2.53. The van der Waals surface area contributed by atoms with E-state index in [9.17, 15) is 5.11 Å². The molecular formula is C17H22ClNO. The number of benzene rings is 1. The van der Waals surface area contributed by atoms with E-state index in [1.54, 1.807) is 0 Å². The molecule has 0 amide bonds. The molecule has 1 saturated carbocycles. The monoisotopic (exact) mass is 291 g/mol. The molecule has 2 nitrogen and oxygen atoms in total. The van der Waals surface area contributed by atoms with Gasteiger partial charge in [-0.3, -0.25) is 0 Å². The highest BCUT2D eigenvalue weighted by Gasteiger charge is 2.39. The highest BCUT2D eigenvalue weighted by molar-refractivity contribution is 5.85. The number of aryl methyl sites for hydroxylation is 1. The van der Waals surface area contributed by atoms with E-state index < -0.39 is 0 Å². The fraction of sp³-hybridized carbons (Fsp3) is 0.529. The van der Waals surface area contributed by atoms with Crippen LogP contribution in [0, 0.1) is 25.3 Å². The van der Waals surface area contributed by atoms with Crippen molar-refractivity contribution in [1.82, 2.24) is 4.90 Å². The zero-order valence-corrected chi connectivity index (χ0v) is 12.7. The van der Waals surface area contributed by atoms with Crippen molar-refractivity contribution >= 4 is 12.4 Å². The van der Waals surface area contributed by atoms with Crippen LogP contribution in [0.5, 0.6) is 0 Å². The Kier molecular flexibility index (Phi) is 4.62. The molecule has 1 saturated heterocycles. The van der Waals surface area contributed by atoms with Crippen LogP contribution in [0.2, 0.25) is 0 Å². The average molecular weight is 292 g/mol. The van der Waals surface area contributed by atoms with Gasteiger partial charge in [-0.25, -0.2) is 0 Å². The summed E-state index contributed by atoms with van der Waals surface area (Å²) in [4.78, 5) is 2.06. The summed E-state index contributed by atoms with van der Waals surface area (Å²) in [6.45, 7) is 3.12. The fourth-order valence-corrected chi connectivity index (χ4v) is 3.59. The van der Waals surface area contributed by atoms with Crippen molar-refractivity contribution in [2.45, 2.75) is 44.8 Å². The number of hydrogen-bond donors (Lipinski definition) is 1. The minimum absolute atomic E-state index is 0. The van der Waals surface area contributed by atoms with Crippen LogP contribution in [0.15, 0.2) is 18.2 Å². The molecule has 1 aliphatic heterocycles. The molecule has 2 fully saturated rings. The van der Waals surface area contributed by atoms with Crippen molar-refractivity contribution in [3.63, 3.8) is 0 Å². The SMILES string of the molecule is C#CN1CC[C@@H]2[C@H]1CCC[C@@H]2O.Cc1cc2ccc1-2.Cl. The summed E-state index contributed by atoms with van der Waals surface area (Å²) in [6, 6.07) is 9.68. The van der Waals surface area contributed by atoms with E-state index in [1.165, 1.54) is 23.1 Å². The Labute approximate surface area is 127 Å². The summed E-state index contributed by atoms with van der Waals surface area (Å²) >= 11 is 0. The fourth-order valence-electron chi connectivity index (χ4n) is 3.59. The lowest BCUT2D eigenvalue weighted by Crippen LogP contribution is -2.38. The topological polar surface area (TPSA) is 23.5 Å². The van der Waals surface area contributed by atoms with Gasteiger partial charge >= 0.3 is 0 Å². The number of terminal acetylenes is 1. The molecule has 0 aromatic heterocycles. The van der Waals surface area contributed by atoms with Crippen molar-refractivity contribution in [3.8, 4) is 23.6 Å². The molecule has 1 N–H and O–H groups in total. The van der Waals surface area contributed by atoms with Crippen LogP contribution in [0.3, 0.4) is 0 Å². The molecule has 4 rings (SSSR count). The molecule has 3 atom stereocenters. The molecule has 0 radical (unpaired) electrons. The van der Waals surface area contributed by atoms with E-state index in [1.807, 2.05) is 0 Å². The van der Waals surface area contributed by atoms with Crippen LogP contribution in [-0.4, -0.2) is 28.7 Å². The molecule has 0 spiro atoms. The maximum atomic E-state index is 9.70. The number of likely N-dealkylation sites (tertiary alicyclic amines) is 1. The molecule has 0 aromatic carbocycles. The maximum absolute atomic E-state index is 9.70. The van der Waals surface area contributed by atoms with Crippen LogP contribution in [0.4, 0.5) is 0 Å². The molecule has 20 heavy (non-hydrogen) atoms.